The summed E-state index contributed by atoms with van der Waals surface area (Å²) in [6.07, 6.45) is 2.34. The zero-order chi connectivity index (χ0) is 11.8. The molecule has 17 heavy (non-hydrogen) atoms. The van der Waals surface area contributed by atoms with Crippen molar-refractivity contribution in [2.45, 2.75) is 18.9 Å². The van der Waals surface area contributed by atoms with Gasteiger partial charge in [0.05, 0.1) is 11.7 Å². The lowest BCUT2D eigenvalue weighted by Gasteiger charge is -2.22. The fraction of sp³-hybridized carbons (Fsp3) is 0.400. The lowest BCUT2D eigenvalue weighted by Crippen LogP contribution is -2.32. The summed E-state index contributed by atoms with van der Waals surface area (Å²) >= 11 is 0. The van der Waals surface area contributed by atoms with Gasteiger partial charge in [-0.15, -0.1) is 0 Å². The molecule has 1 aliphatic heterocycles. The normalized spacial score (nSPS) is 20.9. The lowest BCUT2D eigenvalue weighted by molar-refractivity contribution is -0.120. The fourth-order valence-electron chi connectivity index (χ4n) is 2.11. The van der Waals surface area contributed by atoms with E-state index >= 15 is 0 Å². The van der Waals surface area contributed by atoms with Crippen molar-refractivity contribution in [2.75, 3.05) is 6.54 Å². The van der Waals surface area contributed by atoms with E-state index in [4.69, 9.17) is 0 Å². The van der Waals surface area contributed by atoms with Gasteiger partial charge in [0.15, 0.2) is 5.65 Å². The molecule has 3 N–H and O–H groups in total. The van der Waals surface area contributed by atoms with Crippen LogP contribution < -0.4 is 11.0 Å². The first kappa shape index (κ1) is 10.2. The molecule has 3 rings (SSSR count). The number of nitrogens with one attached hydrogen (secondary N) is 3. The molecule has 1 unspecified atom stereocenters. The molecule has 2 aromatic heterocycles. The fourth-order valence-corrected chi connectivity index (χ4v) is 2.11. The molecule has 7 nitrogen and oxygen atoms in total. The molecular weight excluding hydrogens is 222 g/mol. The second-order valence-corrected chi connectivity index (χ2v) is 4.06. The smallest absolute Gasteiger partial charge is 0.308 e. The zero-order valence-corrected chi connectivity index (χ0v) is 8.99. The Bertz CT molecular complexity index is 629. The number of rotatable bonds is 1. The summed E-state index contributed by atoms with van der Waals surface area (Å²) < 4.78 is 0. The van der Waals surface area contributed by atoms with E-state index < -0.39 is 0 Å². The lowest BCUT2D eigenvalue weighted by atomic mass is 10.0. The van der Waals surface area contributed by atoms with E-state index in [-0.39, 0.29) is 17.5 Å². The highest BCUT2D eigenvalue weighted by atomic mass is 16.1. The van der Waals surface area contributed by atoms with Crippen LogP contribution in [0.3, 0.4) is 0 Å². The number of aromatic amines is 2. The third kappa shape index (κ3) is 1.74. The number of hydrogen-bond acceptors (Lipinski definition) is 5. The molecule has 0 amide bonds. The summed E-state index contributed by atoms with van der Waals surface area (Å²) in [5, 5.41) is 3.22. The van der Waals surface area contributed by atoms with Crippen molar-refractivity contribution < 1.29 is 4.79 Å². The van der Waals surface area contributed by atoms with Crippen molar-refractivity contribution in [3.05, 3.63) is 22.5 Å². The summed E-state index contributed by atoms with van der Waals surface area (Å²) in [6, 6.07) is -0.145. The van der Waals surface area contributed by atoms with E-state index in [1.165, 1.54) is 6.33 Å². The summed E-state index contributed by atoms with van der Waals surface area (Å²) in [5.41, 5.74) is 1.40. The Labute approximate surface area is 95.7 Å². The van der Waals surface area contributed by atoms with Gasteiger partial charge in [-0.05, 0) is 0 Å². The number of hydrogen-bond donors (Lipinski definition) is 3. The Morgan fingerprint density at radius 2 is 2.12 bits per heavy atom. The van der Waals surface area contributed by atoms with Crippen molar-refractivity contribution in [1.82, 2.24) is 25.3 Å². The number of aromatic nitrogens is 4. The van der Waals surface area contributed by atoms with Crippen molar-refractivity contribution in [3.8, 4) is 0 Å². The van der Waals surface area contributed by atoms with Crippen LogP contribution in [0.2, 0.25) is 0 Å². The highest BCUT2D eigenvalue weighted by molar-refractivity contribution is 5.81. The Morgan fingerprint density at radius 3 is 2.94 bits per heavy atom. The molecule has 0 aliphatic carbocycles. The molecule has 0 bridgehead atoms. The first-order valence-corrected chi connectivity index (χ1v) is 5.42. The molecule has 1 atom stereocenters. The average Bonchev–Trinajstić information content (AvgIpc) is 2.68. The van der Waals surface area contributed by atoms with Gasteiger partial charge in [0, 0.05) is 19.4 Å². The standard InChI is InChI=1S/C10H11N5O2/c16-5-1-2-11-6(3-5)7-8-9(13-4-12-7)15-10(17)14-8/h4,6,11H,1-3H2,(H2,12,13,14,15,17). The van der Waals surface area contributed by atoms with Gasteiger partial charge in [-0.3, -0.25) is 9.78 Å². The molecule has 0 saturated carbocycles. The van der Waals surface area contributed by atoms with Crippen LogP contribution in [-0.4, -0.2) is 32.3 Å². The monoisotopic (exact) mass is 233 g/mol. The molecule has 2 aromatic rings. The number of imidazole rings is 1. The SMILES string of the molecule is O=C1CCNC(c2ncnc3[nH]c(=O)[nH]c23)C1. The maximum atomic E-state index is 11.4. The van der Waals surface area contributed by atoms with E-state index in [0.717, 1.165) is 0 Å². The molecule has 3 heterocycles. The van der Waals surface area contributed by atoms with Gasteiger partial charge in [0.2, 0.25) is 0 Å². The third-order valence-corrected chi connectivity index (χ3v) is 2.90. The molecule has 88 valence electrons. The maximum Gasteiger partial charge on any atom is 0.325 e. The van der Waals surface area contributed by atoms with E-state index in [0.29, 0.717) is 36.2 Å². The number of piperidine rings is 1. The number of H-pyrrole nitrogens is 2. The van der Waals surface area contributed by atoms with Gasteiger partial charge < -0.3 is 10.3 Å². The quantitative estimate of drug-likeness (QED) is 0.624. The zero-order valence-electron chi connectivity index (χ0n) is 8.99. The van der Waals surface area contributed by atoms with E-state index in [2.05, 4.69) is 25.3 Å². The van der Waals surface area contributed by atoms with Crippen LogP contribution in [0.15, 0.2) is 11.1 Å². The first-order valence-electron chi connectivity index (χ1n) is 5.42. The molecule has 1 saturated heterocycles. The van der Waals surface area contributed by atoms with Gasteiger partial charge in [-0.2, -0.15) is 0 Å². The third-order valence-electron chi connectivity index (χ3n) is 2.90. The predicted octanol–water partition coefficient (Wildman–Crippen LogP) is -0.360. The van der Waals surface area contributed by atoms with E-state index in [1.807, 2.05) is 0 Å². The van der Waals surface area contributed by atoms with Gasteiger partial charge in [-0.25, -0.2) is 14.8 Å². The second-order valence-electron chi connectivity index (χ2n) is 4.06. The van der Waals surface area contributed by atoms with Crippen molar-refractivity contribution >= 4 is 16.9 Å². The number of Topliss-reactive ketones (excluding diaryl/α,β-unsaturated/α-hetero) is 1. The molecule has 0 spiro atoms. The van der Waals surface area contributed by atoms with Crippen LogP contribution in [0.4, 0.5) is 0 Å². The molecule has 1 fully saturated rings. The van der Waals surface area contributed by atoms with Crippen LogP contribution >= 0.6 is 0 Å². The van der Waals surface area contributed by atoms with Crippen LogP contribution in [0.1, 0.15) is 24.6 Å². The highest BCUT2D eigenvalue weighted by Gasteiger charge is 2.24. The number of carbonyl (C=O) groups is 1. The van der Waals surface area contributed by atoms with Crippen molar-refractivity contribution in [2.24, 2.45) is 0 Å². The number of nitrogens with zero attached hydrogens (tertiary/aromatic N) is 2. The Balaban J connectivity index is 2.09. The largest absolute Gasteiger partial charge is 0.325 e. The number of carbonyl (C=O) groups excluding carboxylic acids is 1. The minimum Gasteiger partial charge on any atom is -0.308 e. The van der Waals surface area contributed by atoms with E-state index in [9.17, 15) is 9.59 Å². The molecule has 0 aromatic carbocycles. The summed E-state index contributed by atoms with van der Waals surface area (Å²) in [5.74, 6) is 0.207. The van der Waals surface area contributed by atoms with Crippen molar-refractivity contribution in [3.63, 3.8) is 0 Å². The topological polar surface area (TPSA) is 104 Å². The van der Waals surface area contributed by atoms with Gasteiger partial charge >= 0.3 is 5.69 Å². The first-order chi connectivity index (χ1) is 8.24. The van der Waals surface area contributed by atoms with Gasteiger partial charge in [0.1, 0.15) is 17.6 Å². The minimum absolute atomic E-state index is 0.145. The number of ketones is 1. The van der Waals surface area contributed by atoms with Crippen LogP contribution in [0.5, 0.6) is 0 Å². The molecular formula is C10H11N5O2. The summed E-state index contributed by atoms with van der Waals surface area (Å²) in [7, 11) is 0. The predicted molar refractivity (Wildman–Crippen MR) is 59.5 cm³/mol. The Morgan fingerprint density at radius 1 is 1.24 bits per heavy atom. The van der Waals surface area contributed by atoms with Gasteiger partial charge in [-0.1, -0.05) is 0 Å². The summed E-state index contributed by atoms with van der Waals surface area (Å²) in [4.78, 5) is 36.0. The highest BCUT2D eigenvalue weighted by Crippen LogP contribution is 2.22. The molecule has 7 heteroatoms. The van der Waals surface area contributed by atoms with Crippen molar-refractivity contribution in [1.29, 1.82) is 0 Å². The van der Waals surface area contributed by atoms with Crippen LogP contribution in [0, 0.1) is 0 Å². The Kier molecular flexibility index (Phi) is 2.25. The van der Waals surface area contributed by atoms with Crippen LogP contribution in [0.25, 0.3) is 11.2 Å². The maximum absolute atomic E-state index is 11.4. The molecule has 0 radical (unpaired) electrons. The number of fused-ring (bicyclic) bond motifs is 1. The Hall–Kier alpha value is -2.02. The average molecular weight is 233 g/mol. The summed E-state index contributed by atoms with van der Waals surface area (Å²) in [6.45, 7) is 0.643. The minimum atomic E-state index is -0.316. The van der Waals surface area contributed by atoms with E-state index in [1.54, 1.807) is 0 Å². The molecule has 1 aliphatic rings. The van der Waals surface area contributed by atoms with Crippen LogP contribution in [-0.2, 0) is 4.79 Å². The second kappa shape index (κ2) is 3.77. The van der Waals surface area contributed by atoms with Gasteiger partial charge in [0.25, 0.3) is 0 Å².